The maximum atomic E-state index is 12.6. The number of carbonyl (C=O) groups is 1. The van der Waals surface area contributed by atoms with Gasteiger partial charge in [0.05, 0.1) is 13.1 Å². The number of hydrogen-bond acceptors (Lipinski definition) is 3. The van der Waals surface area contributed by atoms with Crippen LogP contribution in [0.15, 0.2) is 42.5 Å². The average molecular weight is 394 g/mol. The van der Waals surface area contributed by atoms with E-state index in [1.807, 2.05) is 25.7 Å². The summed E-state index contributed by atoms with van der Waals surface area (Å²) >= 11 is 0. The van der Waals surface area contributed by atoms with Gasteiger partial charge in [-0.25, -0.2) is 4.79 Å². The lowest BCUT2D eigenvalue weighted by molar-refractivity contribution is 0.179. The van der Waals surface area contributed by atoms with Crippen molar-refractivity contribution in [2.24, 2.45) is 0 Å². The molecule has 2 amide bonds. The Morgan fingerprint density at radius 2 is 1.83 bits per heavy atom. The third-order valence-electron chi connectivity index (χ3n) is 5.49. The molecule has 0 radical (unpaired) electrons. The minimum atomic E-state index is -0.251. The Labute approximate surface area is 173 Å². The van der Waals surface area contributed by atoms with Gasteiger partial charge in [-0.1, -0.05) is 30.3 Å². The van der Waals surface area contributed by atoms with Gasteiger partial charge in [-0.05, 0) is 56.0 Å². The molecule has 2 aliphatic heterocycles. The van der Waals surface area contributed by atoms with Crippen LogP contribution in [0.25, 0.3) is 0 Å². The summed E-state index contributed by atoms with van der Waals surface area (Å²) in [5, 5.41) is 3.06. The number of amides is 2. The highest BCUT2D eigenvalue weighted by Crippen LogP contribution is 2.26. The monoisotopic (exact) mass is 393 g/mol. The highest BCUT2D eigenvalue weighted by atomic mass is 16.5. The molecule has 0 fully saturated rings. The summed E-state index contributed by atoms with van der Waals surface area (Å²) in [6.45, 7) is 10.7. The quantitative estimate of drug-likeness (QED) is 0.840. The molecule has 5 nitrogen and oxygen atoms in total. The second kappa shape index (κ2) is 8.07. The van der Waals surface area contributed by atoms with E-state index in [4.69, 9.17) is 4.74 Å². The number of ether oxygens (including phenoxy) is 1. The van der Waals surface area contributed by atoms with Crippen molar-refractivity contribution in [1.29, 1.82) is 0 Å². The molecule has 2 aliphatic rings. The number of rotatable bonds is 2. The second-order valence-electron chi connectivity index (χ2n) is 9.12. The number of nitrogens with zero attached hydrogens (tertiary/aromatic N) is 2. The normalized spacial score (nSPS) is 17.0. The standard InChI is InChI=1S/C24H31N3O2/c1-24(2,3)25-23(28)27-12-13-29-22-9-8-18(14-21(22)17-27)15-26-11-10-19-6-4-5-7-20(19)16-26/h4-9,14H,10-13,15-17H2,1-3H3,(H,25,28). The summed E-state index contributed by atoms with van der Waals surface area (Å²) < 4.78 is 5.92. The van der Waals surface area contributed by atoms with Crippen molar-refractivity contribution < 1.29 is 9.53 Å². The van der Waals surface area contributed by atoms with E-state index in [9.17, 15) is 4.79 Å². The first-order valence-electron chi connectivity index (χ1n) is 10.5. The SMILES string of the molecule is CC(C)(C)NC(=O)N1CCOc2ccc(CN3CCc4ccccc4C3)cc2C1. The van der Waals surface area contributed by atoms with Crippen molar-refractivity contribution in [3.63, 3.8) is 0 Å². The van der Waals surface area contributed by atoms with Gasteiger partial charge in [0.15, 0.2) is 0 Å². The third-order valence-corrected chi connectivity index (χ3v) is 5.49. The van der Waals surface area contributed by atoms with E-state index in [1.165, 1.54) is 16.7 Å². The molecule has 4 rings (SSSR count). The van der Waals surface area contributed by atoms with Crippen LogP contribution in [0.5, 0.6) is 5.75 Å². The minimum absolute atomic E-state index is 0.0352. The maximum absolute atomic E-state index is 12.6. The van der Waals surface area contributed by atoms with Crippen LogP contribution in [0, 0.1) is 0 Å². The van der Waals surface area contributed by atoms with Crippen molar-refractivity contribution in [1.82, 2.24) is 15.1 Å². The summed E-state index contributed by atoms with van der Waals surface area (Å²) in [6.07, 6.45) is 1.10. The fourth-order valence-electron chi connectivity index (χ4n) is 4.07. The third kappa shape index (κ3) is 4.91. The first-order valence-corrected chi connectivity index (χ1v) is 10.5. The van der Waals surface area contributed by atoms with E-state index >= 15 is 0 Å². The van der Waals surface area contributed by atoms with Crippen LogP contribution in [0.2, 0.25) is 0 Å². The second-order valence-corrected chi connectivity index (χ2v) is 9.12. The first kappa shape index (κ1) is 19.8. The molecule has 0 spiro atoms. The minimum Gasteiger partial charge on any atom is -0.491 e. The zero-order valence-corrected chi connectivity index (χ0v) is 17.7. The Morgan fingerprint density at radius 3 is 2.62 bits per heavy atom. The average Bonchev–Trinajstić information content (AvgIpc) is 2.89. The van der Waals surface area contributed by atoms with Gasteiger partial charge in [-0.2, -0.15) is 0 Å². The lowest BCUT2D eigenvalue weighted by Gasteiger charge is -2.29. The van der Waals surface area contributed by atoms with Crippen LogP contribution in [0.3, 0.4) is 0 Å². The molecule has 0 atom stereocenters. The molecule has 0 unspecified atom stereocenters. The summed E-state index contributed by atoms with van der Waals surface area (Å²) in [5.41, 5.74) is 5.01. The van der Waals surface area contributed by atoms with Gasteiger partial charge in [-0.3, -0.25) is 4.90 Å². The van der Waals surface area contributed by atoms with Crippen molar-refractivity contribution in [2.75, 3.05) is 19.7 Å². The summed E-state index contributed by atoms with van der Waals surface area (Å²) in [5.74, 6) is 0.892. The zero-order valence-electron chi connectivity index (χ0n) is 17.7. The molecule has 0 saturated heterocycles. The van der Waals surface area contributed by atoms with E-state index in [2.05, 4.69) is 52.7 Å². The van der Waals surface area contributed by atoms with Crippen LogP contribution < -0.4 is 10.1 Å². The summed E-state index contributed by atoms with van der Waals surface area (Å²) in [7, 11) is 0. The summed E-state index contributed by atoms with van der Waals surface area (Å²) in [6, 6.07) is 15.1. The largest absolute Gasteiger partial charge is 0.491 e. The molecule has 154 valence electrons. The number of carbonyl (C=O) groups excluding carboxylic acids is 1. The van der Waals surface area contributed by atoms with Crippen molar-refractivity contribution >= 4 is 6.03 Å². The van der Waals surface area contributed by atoms with E-state index in [-0.39, 0.29) is 11.6 Å². The molecule has 1 N–H and O–H groups in total. The first-order chi connectivity index (χ1) is 13.9. The van der Waals surface area contributed by atoms with E-state index in [0.717, 1.165) is 37.4 Å². The molecule has 0 aliphatic carbocycles. The predicted octanol–water partition coefficient (Wildman–Crippen LogP) is 3.95. The molecule has 5 heteroatoms. The van der Waals surface area contributed by atoms with E-state index in [1.54, 1.807) is 0 Å². The van der Waals surface area contributed by atoms with Gasteiger partial charge >= 0.3 is 6.03 Å². The fourth-order valence-corrected chi connectivity index (χ4v) is 4.07. The molecule has 2 heterocycles. The Kier molecular flexibility index (Phi) is 5.50. The van der Waals surface area contributed by atoms with Crippen LogP contribution in [-0.2, 0) is 26.1 Å². The molecule has 0 bridgehead atoms. The molecular weight excluding hydrogens is 362 g/mol. The summed E-state index contributed by atoms with van der Waals surface area (Å²) in [4.78, 5) is 17.0. The molecule has 0 saturated carbocycles. The van der Waals surface area contributed by atoms with Gasteiger partial charge in [-0.15, -0.1) is 0 Å². The lowest BCUT2D eigenvalue weighted by Crippen LogP contribution is -2.48. The smallest absolute Gasteiger partial charge is 0.318 e. The molecule has 2 aromatic carbocycles. The van der Waals surface area contributed by atoms with Crippen LogP contribution in [0.1, 0.15) is 43.0 Å². The highest BCUT2D eigenvalue weighted by Gasteiger charge is 2.24. The number of nitrogens with one attached hydrogen (secondary N) is 1. The van der Waals surface area contributed by atoms with Crippen LogP contribution in [0.4, 0.5) is 4.79 Å². The Balaban J connectivity index is 1.46. The van der Waals surface area contributed by atoms with Crippen LogP contribution in [-0.4, -0.2) is 41.1 Å². The van der Waals surface area contributed by atoms with Gasteiger partial charge in [0.2, 0.25) is 0 Å². The van der Waals surface area contributed by atoms with Gasteiger partial charge in [0.25, 0.3) is 0 Å². The Morgan fingerprint density at radius 1 is 1.03 bits per heavy atom. The lowest BCUT2D eigenvalue weighted by atomic mass is 9.99. The number of urea groups is 1. The fraction of sp³-hybridized carbons (Fsp3) is 0.458. The topological polar surface area (TPSA) is 44.8 Å². The van der Waals surface area contributed by atoms with Crippen molar-refractivity contribution in [3.8, 4) is 5.75 Å². The van der Waals surface area contributed by atoms with Crippen molar-refractivity contribution in [2.45, 2.75) is 52.4 Å². The molecule has 2 aromatic rings. The number of benzene rings is 2. The Hall–Kier alpha value is -2.53. The number of hydrogen-bond donors (Lipinski definition) is 1. The van der Waals surface area contributed by atoms with Crippen molar-refractivity contribution in [3.05, 3.63) is 64.7 Å². The zero-order chi connectivity index (χ0) is 20.4. The van der Waals surface area contributed by atoms with E-state index in [0.29, 0.717) is 19.7 Å². The Bertz CT molecular complexity index is 888. The van der Waals surface area contributed by atoms with Gasteiger partial charge in [0, 0.05) is 30.7 Å². The van der Waals surface area contributed by atoms with Gasteiger partial charge in [0.1, 0.15) is 12.4 Å². The van der Waals surface area contributed by atoms with E-state index < -0.39 is 0 Å². The number of fused-ring (bicyclic) bond motifs is 2. The predicted molar refractivity (Wildman–Crippen MR) is 115 cm³/mol. The van der Waals surface area contributed by atoms with Crippen LogP contribution >= 0.6 is 0 Å². The molecular formula is C24H31N3O2. The highest BCUT2D eigenvalue weighted by molar-refractivity contribution is 5.75. The molecule has 0 aromatic heterocycles. The maximum Gasteiger partial charge on any atom is 0.318 e. The van der Waals surface area contributed by atoms with Gasteiger partial charge < -0.3 is 15.0 Å². The molecule has 29 heavy (non-hydrogen) atoms.